The van der Waals surface area contributed by atoms with Crippen LogP contribution in [-0.2, 0) is 4.74 Å². The van der Waals surface area contributed by atoms with Crippen LogP contribution in [-0.4, -0.2) is 24.2 Å². The van der Waals surface area contributed by atoms with Crippen molar-refractivity contribution in [3.05, 3.63) is 28.5 Å². The standard InChI is InChI=1S/C12H13BrClFO2/c1-2-16-12-9(14)6-11(12)17-7-3-4-10(15)8(13)5-7/h3-5,9,11-12H,2,6H2,1H3. The van der Waals surface area contributed by atoms with Gasteiger partial charge in [0.1, 0.15) is 23.8 Å². The minimum atomic E-state index is -0.303. The van der Waals surface area contributed by atoms with Gasteiger partial charge >= 0.3 is 0 Å². The van der Waals surface area contributed by atoms with Gasteiger partial charge in [-0.25, -0.2) is 4.39 Å². The van der Waals surface area contributed by atoms with Crippen LogP contribution in [0.2, 0.25) is 0 Å². The minimum Gasteiger partial charge on any atom is -0.488 e. The van der Waals surface area contributed by atoms with Gasteiger partial charge in [-0.3, -0.25) is 0 Å². The maximum atomic E-state index is 13.0. The van der Waals surface area contributed by atoms with Crippen molar-refractivity contribution in [1.82, 2.24) is 0 Å². The maximum Gasteiger partial charge on any atom is 0.137 e. The summed E-state index contributed by atoms with van der Waals surface area (Å²) in [6, 6.07) is 4.58. The molecule has 5 heteroatoms. The lowest BCUT2D eigenvalue weighted by Gasteiger charge is -2.40. The molecule has 3 atom stereocenters. The summed E-state index contributed by atoms with van der Waals surface area (Å²) >= 11 is 9.16. The van der Waals surface area contributed by atoms with Gasteiger partial charge in [0.15, 0.2) is 0 Å². The zero-order valence-electron chi connectivity index (χ0n) is 9.33. The number of hydrogen-bond acceptors (Lipinski definition) is 2. The molecule has 1 fully saturated rings. The molecule has 94 valence electrons. The summed E-state index contributed by atoms with van der Waals surface area (Å²) < 4.78 is 24.6. The molecule has 0 aromatic heterocycles. The highest BCUT2D eigenvalue weighted by Gasteiger charge is 2.42. The van der Waals surface area contributed by atoms with Gasteiger partial charge in [0.05, 0.1) is 9.85 Å². The smallest absolute Gasteiger partial charge is 0.137 e. The van der Waals surface area contributed by atoms with Crippen LogP contribution in [0.1, 0.15) is 13.3 Å². The Hall–Kier alpha value is -0.320. The second kappa shape index (κ2) is 5.55. The molecule has 0 N–H and O–H groups in total. The van der Waals surface area contributed by atoms with E-state index in [1.54, 1.807) is 12.1 Å². The van der Waals surface area contributed by atoms with E-state index in [9.17, 15) is 4.39 Å². The Balaban J connectivity index is 1.99. The Morgan fingerprint density at radius 3 is 2.88 bits per heavy atom. The molecule has 0 saturated heterocycles. The van der Waals surface area contributed by atoms with Crippen molar-refractivity contribution in [2.45, 2.75) is 30.9 Å². The molecule has 3 unspecified atom stereocenters. The predicted octanol–water partition coefficient (Wildman–Crippen LogP) is 3.75. The van der Waals surface area contributed by atoms with Crippen LogP contribution in [0, 0.1) is 5.82 Å². The van der Waals surface area contributed by atoms with E-state index >= 15 is 0 Å². The fraction of sp³-hybridized carbons (Fsp3) is 0.500. The Morgan fingerprint density at radius 2 is 2.29 bits per heavy atom. The Morgan fingerprint density at radius 1 is 1.53 bits per heavy atom. The van der Waals surface area contributed by atoms with E-state index < -0.39 is 0 Å². The van der Waals surface area contributed by atoms with Crippen molar-refractivity contribution in [2.24, 2.45) is 0 Å². The predicted molar refractivity (Wildman–Crippen MR) is 68.2 cm³/mol. The summed E-state index contributed by atoms with van der Waals surface area (Å²) in [6.45, 7) is 2.54. The second-order valence-electron chi connectivity index (χ2n) is 3.90. The molecule has 0 spiro atoms. The molecule has 0 aliphatic heterocycles. The van der Waals surface area contributed by atoms with E-state index in [0.717, 1.165) is 6.42 Å². The van der Waals surface area contributed by atoms with Crippen molar-refractivity contribution in [2.75, 3.05) is 6.61 Å². The van der Waals surface area contributed by atoms with Crippen LogP contribution in [0.3, 0.4) is 0 Å². The topological polar surface area (TPSA) is 18.5 Å². The average molecular weight is 324 g/mol. The largest absolute Gasteiger partial charge is 0.488 e. The summed E-state index contributed by atoms with van der Waals surface area (Å²) in [5.41, 5.74) is 0. The summed E-state index contributed by atoms with van der Waals surface area (Å²) in [5, 5.41) is 0.00355. The summed E-state index contributed by atoms with van der Waals surface area (Å²) in [4.78, 5) is 0. The quantitative estimate of drug-likeness (QED) is 0.786. The van der Waals surface area contributed by atoms with E-state index in [-0.39, 0.29) is 23.4 Å². The highest BCUT2D eigenvalue weighted by atomic mass is 79.9. The van der Waals surface area contributed by atoms with Crippen molar-refractivity contribution in [1.29, 1.82) is 0 Å². The van der Waals surface area contributed by atoms with Gasteiger partial charge in [0, 0.05) is 13.0 Å². The lowest BCUT2D eigenvalue weighted by atomic mass is 9.91. The fourth-order valence-electron chi connectivity index (χ4n) is 1.77. The molecule has 1 aliphatic rings. The normalized spacial score (nSPS) is 27.6. The van der Waals surface area contributed by atoms with Crippen LogP contribution in [0.4, 0.5) is 4.39 Å². The van der Waals surface area contributed by atoms with Gasteiger partial charge in [0.2, 0.25) is 0 Å². The first kappa shape index (κ1) is 13.1. The van der Waals surface area contributed by atoms with Gasteiger partial charge in [0.25, 0.3) is 0 Å². The lowest BCUT2D eigenvalue weighted by molar-refractivity contribution is -0.0760. The summed E-state index contributed by atoms with van der Waals surface area (Å²) in [7, 11) is 0. The molecule has 2 rings (SSSR count). The monoisotopic (exact) mass is 322 g/mol. The molecule has 0 amide bonds. The number of ether oxygens (including phenoxy) is 2. The summed E-state index contributed by atoms with van der Waals surface area (Å²) in [6.07, 6.45) is 0.626. The zero-order valence-corrected chi connectivity index (χ0v) is 11.7. The zero-order chi connectivity index (χ0) is 12.4. The molecule has 1 aliphatic carbocycles. The van der Waals surface area contributed by atoms with E-state index in [4.69, 9.17) is 21.1 Å². The molecule has 2 nitrogen and oxygen atoms in total. The third-order valence-electron chi connectivity index (χ3n) is 2.72. The number of halogens is 3. The first-order chi connectivity index (χ1) is 8.11. The molecule has 1 saturated carbocycles. The van der Waals surface area contributed by atoms with Crippen molar-refractivity contribution >= 4 is 27.5 Å². The third kappa shape index (κ3) is 2.92. The number of hydrogen-bond donors (Lipinski definition) is 0. The first-order valence-corrected chi connectivity index (χ1v) is 6.72. The van der Waals surface area contributed by atoms with Crippen molar-refractivity contribution in [3.8, 4) is 5.75 Å². The second-order valence-corrected chi connectivity index (χ2v) is 5.32. The highest BCUT2D eigenvalue weighted by Crippen LogP contribution is 2.33. The van der Waals surface area contributed by atoms with Gasteiger partial charge < -0.3 is 9.47 Å². The average Bonchev–Trinajstić information content (AvgIpc) is 2.30. The van der Waals surface area contributed by atoms with Crippen molar-refractivity contribution in [3.63, 3.8) is 0 Å². The Labute approximate surface area is 113 Å². The highest BCUT2D eigenvalue weighted by molar-refractivity contribution is 9.10. The summed E-state index contributed by atoms with van der Waals surface area (Å²) in [5.74, 6) is 0.319. The van der Waals surface area contributed by atoms with Crippen LogP contribution in [0.5, 0.6) is 5.75 Å². The first-order valence-electron chi connectivity index (χ1n) is 5.49. The third-order valence-corrected chi connectivity index (χ3v) is 3.75. The van der Waals surface area contributed by atoms with Gasteiger partial charge in [-0.1, -0.05) is 0 Å². The molecule has 1 aromatic rings. The van der Waals surface area contributed by atoms with E-state index in [0.29, 0.717) is 16.8 Å². The number of alkyl halides is 1. The van der Waals surface area contributed by atoms with E-state index in [2.05, 4.69) is 15.9 Å². The molecule has 1 aromatic carbocycles. The van der Waals surface area contributed by atoms with Crippen LogP contribution in [0.25, 0.3) is 0 Å². The fourth-order valence-corrected chi connectivity index (χ4v) is 2.54. The van der Waals surface area contributed by atoms with Gasteiger partial charge in [-0.15, -0.1) is 11.6 Å². The van der Waals surface area contributed by atoms with Crippen LogP contribution in [0.15, 0.2) is 22.7 Å². The Kier molecular flexibility index (Phi) is 4.28. The van der Waals surface area contributed by atoms with Crippen LogP contribution < -0.4 is 4.74 Å². The van der Waals surface area contributed by atoms with Gasteiger partial charge in [-0.05, 0) is 41.1 Å². The van der Waals surface area contributed by atoms with E-state index in [1.165, 1.54) is 6.07 Å². The molecule has 0 radical (unpaired) electrons. The van der Waals surface area contributed by atoms with Gasteiger partial charge in [-0.2, -0.15) is 0 Å². The lowest BCUT2D eigenvalue weighted by Crippen LogP contribution is -2.52. The Bertz CT molecular complexity index is 402. The minimum absolute atomic E-state index is 0.00355. The number of rotatable bonds is 4. The SMILES string of the molecule is CCOC1C(Cl)CC1Oc1ccc(F)c(Br)c1. The number of benzene rings is 1. The molecule has 0 bridgehead atoms. The van der Waals surface area contributed by atoms with Crippen LogP contribution >= 0.6 is 27.5 Å². The van der Waals surface area contributed by atoms with E-state index in [1.807, 2.05) is 6.92 Å². The molecule has 17 heavy (non-hydrogen) atoms. The molecular formula is C12H13BrClFO2. The molecular weight excluding hydrogens is 310 g/mol. The van der Waals surface area contributed by atoms with Crippen molar-refractivity contribution < 1.29 is 13.9 Å². The molecule has 0 heterocycles. The maximum absolute atomic E-state index is 13.0.